The van der Waals surface area contributed by atoms with E-state index in [0.717, 1.165) is 17.9 Å². The molecule has 0 saturated heterocycles. The molecule has 0 aliphatic heterocycles. The summed E-state index contributed by atoms with van der Waals surface area (Å²) >= 11 is 0. The number of aryl methyl sites for hydroxylation is 1. The van der Waals surface area contributed by atoms with E-state index in [2.05, 4.69) is 22.5 Å². The summed E-state index contributed by atoms with van der Waals surface area (Å²) in [5.41, 5.74) is 1.68. The number of rotatable bonds is 4. The summed E-state index contributed by atoms with van der Waals surface area (Å²) in [5, 5.41) is 9.18. The van der Waals surface area contributed by atoms with Gasteiger partial charge < -0.3 is 4.90 Å². The summed E-state index contributed by atoms with van der Waals surface area (Å²) < 4.78 is 0. The molecule has 1 fully saturated rings. The van der Waals surface area contributed by atoms with Crippen molar-refractivity contribution < 1.29 is 0 Å². The van der Waals surface area contributed by atoms with Crippen LogP contribution < -0.4 is 4.90 Å². The van der Waals surface area contributed by atoms with Crippen LogP contribution in [0.5, 0.6) is 0 Å². The molecule has 0 bridgehead atoms. The highest BCUT2D eigenvalue weighted by Crippen LogP contribution is 2.32. The van der Waals surface area contributed by atoms with E-state index >= 15 is 0 Å². The van der Waals surface area contributed by atoms with E-state index in [1.807, 2.05) is 19.1 Å². The van der Waals surface area contributed by atoms with Gasteiger partial charge in [-0.2, -0.15) is 5.26 Å². The quantitative estimate of drug-likeness (QED) is 0.721. The average Bonchev–Trinajstić information content (AvgIpc) is 3.09. The van der Waals surface area contributed by atoms with Crippen LogP contribution in [0.3, 0.4) is 0 Å². The largest absolute Gasteiger partial charge is 0.349 e. The highest BCUT2D eigenvalue weighted by Gasteiger charge is 2.30. The number of nitrogens with zero attached hydrogens (tertiary/aromatic N) is 3. The van der Waals surface area contributed by atoms with E-state index in [-0.39, 0.29) is 0 Å². The van der Waals surface area contributed by atoms with Crippen molar-refractivity contribution in [1.82, 2.24) is 4.98 Å². The zero-order valence-electron chi connectivity index (χ0n) is 9.48. The Morgan fingerprint density at radius 1 is 1.69 bits per heavy atom. The van der Waals surface area contributed by atoms with Gasteiger partial charge in [0.1, 0.15) is 11.9 Å². The van der Waals surface area contributed by atoms with Gasteiger partial charge in [0, 0.05) is 18.8 Å². The maximum atomic E-state index is 9.18. The molecule has 0 N–H and O–H groups in total. The monoisotopic (exact) mass is 213 g/mol. The van der Waals surface area contributed by atoms with Crippen molar-refractivity contribution in [1.29, 1.82) is 5.26 Å². The van der Waals surface area contributed by atoms with E-state index in [4.69, 9.17) is 0 Å². The Bertz CT molecular complexity index is 441. The van der Waals surface area contributed by atoms with Gasteiger partial charge in [-0.25, -0.2) is 4.98 Å². The fraction of sp³-hybridized carbons (Fsp3) is 0.385. The van der Waals surface area contributed by atoms with Crippen molar-refractivity contribution in [2.45, 2.75) is 25.8 Å². The first-order valence-electron chi connectivity index (χ1n) is 5.51. The molecule has 82 valence electrons. The molecule has 1 aromatic heterocycles. The van der Waals surface area contributed by atoms with Gasteiger partial charge in [0.05, 0.1) is 5.56 Å². The van der Waals surface area contributed by atoms with Crippen molar-refractivity contribution in [3.05, 3.63) is 36.0 Å². The lowest BCUT2D eigenvalue weighted by Crippen LogP contribution is -2.27. The highest BCUT2D eigenvalue weighted by molar-refractivity contribution is 5.58. The van der Waals surface area contributed by atoms with Crippen LogP contribution in [0.15, 0.2) is 24.9 Å². The first-order chi connectivity index (χ1) is 7.77. The van der Waals surface area contributed by atoms with Crippen LogP contribution in [-0.2, 0) is 0 Å². The summed E-state index contributed by atoms with van der Waals surface area (Å²) in [6, 6.07) is 4.66. The number of hydrogen-bond acceptors (Lipinski definition) is 3. The van der Waals surface area contributed by atoms with Crippen LogP contribution in [-0.4, -0.2) is 17.6 Å². The third-order valence-corrected chi connectivity index (χ3v) is 2.84. The predicted molar refractivity (Wildman–Crippen MR) is 64.3 cm³/mol. The highest BCUT2D eigenvalue weighted by atomic mass is 15.2. The zero-order valence-corrected chi connectivity index (χ0v) is 9.48. The molecular formula is C13H15N3. The lowest BCUT2D eigenvalue weighted by molar-refractivity contribution is 0.837. The number of pyridine rings is 1. The third kappa shape index (κ3) is 1.92. The van der Waals surface area contributed by atoms with Gasteiger partial charge in [0.25, 0.3) is 0 Å². The van der Waals surface area contributed by atoms with Crippen LogP contribution in [0.4, 0.5) is 5.82 Å². The minimum atomic E-state index is 0.541. The van der Waals surface area contributed by atoms with Gasteiger partial charge in [-0.15, -0.1) is 6.58 Å². The molecule has 0 atom stereocenters. The second-order valence-electron chi connectivity index (χ2n) is 4.11. The van der Waals surface area contributed by atoms with Crippen LogP contribution in [0.25, 0.3) is 0 Å². The Morgan fingerprint density at radius 3 is 3.00 bits per heavy atom. The maximum absolute atomic E-state index is 9.18. The Kier molecular flexibility index (Phi) is 2.91. The van der Waals surface area contributed by atoms with Gasteiger partial charge in [-0.3, -0.25) is 0 Å². The van der Waals surface area contributed by atoms with Crippen LogP contribution >= 0.6 is 0 Å². The Labute approximate surface area is 96.0 Å². The predicted octanol–water partition coefficient (Wildman–Crippen LogP) is 2.42. The molecule has 0 radical (unpaired) electrons. The van der Waals surface area contributed by atoms with Crippen molar-refractivity contribution in [3.8, 4) is 6.07 Å². The van der Waals surface area contributed by atoms with E-state index in [1.54, 1.807) is 6.20 Å². The second kappa shape index (κ2) is 4.36. The van der Waals surface area contributed by atoms with Crippen LogP contribution in [0, 0.1) is 18.3 Å². The Balaban J connectivity index is 2.40. The van der Waals surface area contributed by atoms with Crippen molar-refractivity contribution in [2.24, 2.45) is 0 Å². The maximum Gasteiger partial charge on any atom is 0.147 e. The van der Waals surface area contributed by atoms with Crippen LogP contribution in [0.2, 0.25) is 0 Å². The molecule has 0 unspecified atom stereocenters. The molecule has 0 aromatic carbocycles. The van der Waals surface area contributed by atoms with E-state index in [9.17, 15) is 5.26 Å². The molecule has 16 heavy (non-hydrogen) atoms. The topological polar surface area (TPSA) is 39.9 Å². The number of hydrogen-bond donors (Lipinski definition) is 0. The molecule has 0 amide bonds. The fourth-order valence-electron chi connectivity index (χ4n) is 1.83. The smallest absolute Gasteiger partial charge is 0.147 e. The molecule has 0 spiro atoms. The Hall–Kier alpha value is -1.82. The lowest BCUT2D eigenvalue weighted by Gasteiger charge is -2.23. The molecule has 1 aliphatic rings. The van der Waals surface area contributed by atoms with Crippen molar-refractivity contribution in [2.75, 3.05) is 11.4 Å². The third-order valence-electron chi connectivity index (χ3n) is 2.84. The fourth-order valence-corrected chi connectivity index (χ4v) is 1.83. The SMILES string of the molecule is C=CCN(c1nccc(C)c1C#N)C1CC1. The Morgan fingerprint density at radius 2 is 2.44 bits per heavy atom. The molecule has 1 aliphatic carbocycles. The summed E-state index contributed by atoms with van der Waals surface area (Å²) in [6.07, 6.45) is 6.01. The first-order valence-corrected chi connectivity index (χ1v) is 5.51. The second-order valence-corrected chi connectivity index (χ2v) is 4.11. The molecule has 1 saturated carbocycles. The van der Waals surface area contributed by atoms with E-state index in [0.29, 0.717) is 11.6 Å². The summed E-state index contributed by atoms with van der Waals surface area (Å²) in [6.45, 7) is 6.47. The zero-order chi connectivity index (χ0) is 11.5. The molecular weight excluding hydrogens is 198 g/mol. The van der Waals surface area contributed by atoms with Crippen molar-refractivity contribution >= 4 is 5.82 Å². The van der Waals surface area contributed by atoms with Gasteiger partial charge in [-0.05, 0) is 31.4 Å². The summed E-state index contributed by atoms with van der Waals surface area (Å²) in [4.78, 5) is 6.53. The minimum Gasteiger partial charge on any atom is -0.349 e. The van der Waals surface area contributed by atoms with Gasteiger partial charge in [0.15, 0.2) is 0 Å². The standard InChI is InChI=1S/C13H15N3/c1-3-8-16(11-4-5-11)13-12(9-14)10(2)6-7-15-13/h3,6-7,11H,1,4-5,8H2,2H3. The van der Waals surface area contributed by atoms with E-state index < -0.39 is 0 Å². The van der Waals surface area contributed by atoms with Crippen LogP contribution in [0.1, 0.15) is 24.0 Å². The van der Waals surface area contributed by atoms with Gasteiger partial charge in [0.2, 0.25) is 0 Å². The lowest BCUT2D eigenvalue weighted by atomic mass is 10.1. The first kappa shape index (κ1) is 10.7. The summed E-state index contributed by atoms with van der Waals surface area (Å²) in [7, 11) is 0. The normalized spacial score (nSPS) is 14.2. The number of aromatic nitrogens is 1. The molecule has 1 heterocycles. The molecule has 3 nitrogen and oxygen atoms in total. The molecule has 3 heteroatoms. The van der Waals surface area contributed by atoms with E-state index in [1.165, 1.54) is 12.8 Å². The molecule has 1 aromatic rings. The average molecular weight is 213 g/mol. The van der Waals surface area contributed by atoms with Gasteiger partial charge >= 0.3 is 0 Å². The van der Waals surface area contributed by atoms with Crippen molar-refractivity contribution in [3.63, 3.8) is 0 Å². The minimum absolute atomic E-state index is 0.541. The summed E-state index contributed by atoms with van der Waals surface area (Å²) in [5.74, 6) is 0.810. The van der Waals surface area contributed by atoms with Gasteiger partial charge in [-0.1, -0.05) is 6.08 Å². The number of nitriles is 1. The number of anilines is 1. The molecule has 2 rings (SSSR count).